The van der Waals surface area contributed by atoms with Crippen LogP contribution in [0.1, 0.15) is 52.2 Å². The summed E-state index contributed by atoms with van der Waals surface area (Å²) in [4.78, 5) is 38.0. The molecule has 0 saturated carbocycles. The number of benzene rings is 3. The number of nitrogens with zero attached hydrogens (tertiary/aromatic N) is 2. The number of halogens is 1. The Bertz CT molecular complexity index is 1370. The second kappa shape index (κ2) is 11.0. The predicted octanol–water partition coefficient (Wildman–Crippen LogP) is 5.26. The second-order valence-electron chi connectivity index (χ2n) is 9.72. The van der Waals surface area contributed by atoms with Gasteiger partial charge < -0.3 is 15.0 Å². The Morgan fingerprint density at radius 2 is 1.82 bits per heavy atom. The molecule has 1 saturated heterocycles. The van der Waals surface area contributed by atoms with Gasteiger partial charge in [0, 0.05) is 36.0 Å². The summed E-state index contributed by atoms with van der Waals surface area (Å²) in [6.07, 6.45) is 3.27. The van der Waals surface area contributed by atoms with Gasteiger partial charge in [0.25, 0.3) is 11.6 Å². The molecule has 2 heterocycles. The third-order valence-electron chi connectivity index (χ3n) is 7.19. The van der Waals surface area contributed by atoms with Gasteiger partial charge in [-0.15, -0.1) is 0 Å². The molecule has 2 aliphatic heterocycles. The van der Waals surface area contributed by atoms with Crippen LogP contribution >= 0.6 is 0 Å². The van der Waals surface area contributed by atoms with Gasteiger partial charge in [-0.25, -0.2) is 4.39 Å². The molecule has 9 heteroatoms. The summed E-state index contributed by atoms with van der Waals surface area (Å²) < 4.78 is 19.2. The number of likely N-dealkylation sites (tertiary alicyclic amines) is 1. The van der Waals surface area contributed by atoms with Crippen molar-refractivity contribution in [3.05, 3.63) is 98.8 Å². The quantitative estimate of drug-likeness (QED) is 0.355. The van der Waals surface area contributed by atoms with Gasteiger partial charge in [0.2, 0.25) is 5.91 Å². The molecule has 0 aromatic heterocycles. The summed E-state index contributed by atoms with van der Waals surface area (Å²) in [5, 5.41) is 13.9. The van der Waals surface area contributed by atoms with Crippen molar-refractivity contribution >= 4 is 23.2 Å². The molecule has 1 N–H and O–H groups in total. The van der Waals surface area contributed by atoms with Crippen molar-refractivity contribution in [2.45, 2.75) is 38.0 Å². The Hall–Kier alpha value is -4.27. The number of nitro benzene ring substituents is 1. The normalized spacial score (nSPS) is 15.3. The van der Waals surface area contributed by atoms with E-state index in [4.69, 9.17) is 4.74 Å². The number of anilines is 1. The summed E-state index contributed by atoms with van der Waals surface area (Å²) in [6, 6.07) is 16.3. The molecule has 196 valence electrons. The number of amides is 2. The third kappa shape index (κ3) is 5.66. The lowest BCUT2D eigenvalue weighted by molar-refractivity contribution is -0.385. The average Bonchev–Trinajstić information content (AvgIpc) is 2.93. The molecule has 1 fully saturated rings. The molecule has 3 aromatic rings. The lowest BCUT2D eigenvalue weighted by atomic mass is 9.89. The van der Waals surface area contributed by atoms with Crippen LogP contribution in [0.15, 0.2) is 60.7 Å². The summed E-state index contributed by atoms with van der Waals surface area (Å²) in [7, 11) is 0. The molecule has 2 amide bonds. The molecule has 0 atom stereocenters. The number of rotatable bonds is 6. The van der Waals surface area contributed by atoms with Crippen LogP contribution in [0.3, 0.4) is 0 Å². The zero-order valence-electron chi connectivity index (χ0n) is 20.8. The molecule has 3 aromatic carbocycles. The molecule has 0 bridgehead atoms. The van der Waals surface area contributed by atoms with Crippen molar-refractivity contribution in [1.82, 2.24) is 4.90 Å². The predicted molar refractivity (Wildman–Crippen MR) is 140 cm³/mol. The van der Waals surface area contributed by atoms with Crippen molar-refractivity contribution in [3.8, 4) is 5.75 Å². The minimum absolute atomic E-state index is 0.0224. The number of piperidine rings is 1. The molecule has 0 unspecified atom stereocenters. The van der Waals surface area contributed by atoms with Gasteiger partial charge in [-0.2, -0.15) is 0 Å². The molecule has 8 nitrogen and oxygen atoms in total. The topological polar surface area (TPSA) is 102 Å². The lowest BCUT2D eigenvalue weighted by Crippen LogP contribution is -2.38. The summed E-state index contributed by atoms with van der Waals surface area (Å²) >= 11 is 0. The zero-order valence-corrected chi connectivity index (χ0v) is 20.8. The maximum Gasteiger partial charge on any atom is 0.273 e. The van der Waals surface area contributed by atoms with E-state index in [1.54, 1.807) is 12.1 Å². The van der Waals surface area contributed by atoms with Crippen molar-refractivity contribution < 1.29 is 23.6 Å². The van der Waals surface area contributed by atoms with E-state index in [0.29, 0.717) is 30.3 Å². The van der Waals surface area contributed by atoms with Gasteiger partial charge in [0.05, 0.1) is 18.0 Å². The molecule has 2 aliphatic rings. The Morgan fingerprint density at radius 3 is 2.55 bits per heavy atom. The van der Waals surface area contributed by atoms with Gasteiger partial charge in [-0.05, 0) is 85.2 Å². The van der Waals surface area contributed by atoms with Crippen LogP contribution in [-0.2, 0) is 17.6 Å². The first-order valence-corrected chi connectivity index (χ1v) is 12.7. The molecule has 0 aliphatic carbocycles. The number of nitrogens with one attached hydrogen (secondary N) is 1. The Balaban J connectivity index is 1.15. The number of carbonyl (C=O) groups is 2. The van der Waals surface area contributed by atoms with Crippen molar-refractivity contribution in [2.75, 3.05) is 25.0 Å². The smallest absolute Gasteiger partial charge is 0.273 e. The van der Waals surface area contributed by atoms with Gasteiger partial charge >= 0.3 is 0 Å². The first kappa shape index (κ1) is 25.4. The Kier molecular flexibility index (Phi) is 7.35. The first-order chi connectivity index (χ1) is 18.4. The van der Waals surface area contributed by atoms with Crippen LogP contribution in [-0.4, -0.2) is 41.3 Å². The highest BCUT2D eigenvalue weighted by atomic mass is 19.1. The number of fused-ring (bicyclic) bond motifs is 1. The van der Waals surface area contributed by atoms with E-state index in [0.717, 1.165) is 67.4 Å². The molecule has 38 heavy (non-hydrogen) atoms. The number of carbonyl (C=O) groups excluding carboxylic acids is 2. The highest BCUT2D eigenvalue weighted by molar-refractivity contribution is 5.95. The molecule has 5 rings (SSSR count). The van der Waals surface area contributed by atoms with Crippen LogP contribution < -0.4 is 10.1 Å². The van der Waals surface area contributed by atoms with E-state index in [-0.39, 0.29) is 23.6 Å². The number of nitro groups is 1. The maximum atomic E-state index is 13.5. The summed E-state index contributed by atoms with van der Waals surface area (Å²) in [5.74, 6) is 0.130. The van der Waals surface area contributed by atoms with Crippen LogP contribution in [0.4, 0.5) is 15.8 Å². The largest absolute Gasteiger partial charge is 0.493 e. The van der Waals surface area contributed by atoms with Crippen LogP contribution in [0.25, 0.3) is 0 Å². The first-order valence-electron chi connectivity index (χ1n) is 12.7. The fourth-order valence-corrected chi connectivity index (χ4v) is 5.18. The van der Waals surface area contributed by atoms with Crippen LogP contribution in [0.2, 0.25) is 0 Å². The SMILES string of the molecule is O=C(Cc1cc(F)ccc1[N+](=O)[O-])Nc1ccc(C2CCN(C(=O)c3ccc4c(c3)CCCO4)CC2)cc1. The van der Waals surface area contributed by atoms with E-state index in [1.165, 1.54) is 0 Å². The van der Waals surface area contributed by atoms with Gasteiger partial charge in [0.1, 0.15) is 11.6 Å². The van der Waals surface area contributed by atoms with Gasteiger partial charge in [0.15, 0.2) is 0 Å². The van der Waals surface area contributed by atoms with Crippen LogP contribution in [0.5, 0.6) is 5.75 Å². The van der Waals surface area contributed by atoms with E-state index in [9.17, 15) is 24.1 Å². The second-order valence-corrected chi connectivity index (χ2v) is 9.72. The van der Waals surface area contributed by atoms with E-state index < -0.39 is 16.6 Å². The fourth-order valence-electron chi connectivity index (χ4n) is 5.18. The molecule has 0 spiro atoms. The average molecular weight is 518 g/mol. The van der Waals surface area contributed by atoms with Crippen molar-refractivity contribution in [3.63, 3.8) is 0 Å². The minimum atomic E-state index is -0.632. The maximum absolute atomic E-state index is 13.5. The molecular formula is C29H28FN3O5. The minimum Gasteiger partial charge on any atom is -0.493 e. The lowest BCUT2D eigenvalue weighted by Gasteiger charge is -2.32. The van der Waals surface area contributed by atoms with Gasteiger partial charge in [-0.1, -0.05) is 12.1 Å². The monoisotopic (exact) mass is 517 g/mol. The third-order valence-corrected chi connectivity index (χ3v) is 7.19. The highest BCUT2D eigenvalue weighted by Crippen LogP contribution is 2.31. The fraction of sp³-hybridized carbons (Fsp3) is 0.310. The number of aryl methyl sites for hydroxylation is 1. The molecular weight excluding hydrogens is 489 g/mol. The number of ether oxygens (including phenoxy) is 1. The van der Waals surface area contributed by atoms with Gasteiger partial charge in [-0.3, -0.25) is 19.7 Å². The van der Waals surface area contributed by atoms with E-state index in [1.807, 2.05) is 35.2 Å². The highest BCUT2D eigenvalue weighted by Gasteiger charge is 2.25. The number of hydrogen-bond donors (Lipinski definition) is 1. The number of hydrogen-bond acceptors (Lipinski definition) is 5. The Labute approximate surface area is 219 Å². The summed E-state index contributed by atoms with van der Waals surface area (Å²) in [6.45, 7) is 2.06. The van der Waals surface area contributed by atoms with E-state index >= 15 is 0 Å². The van der Waals surface area contributed by atoms with Crippen molar-refractivity contribution in [1.29, 1.82) is 0 Å². The summed E-state index contributed by atoms with van der Waals surface area (Å²) in [5.41, 5.74) is 3.22. The molecule has 0 radical (unpaired) electrons. The standard InChI is InChI=1S/C29H28FN3O5/c30-24-6-9-26(33(36)37)23(17-24)18-28(34)31-25-7-3-19(4-8-25)20-11-13-32(14-12-20)29(35)22-5-10-27-21(16-22)2-1-15-38-27/h3-10,16-17,20H,1-2,11-15,18H2,(H,31,34). The van der Waals surface area contributed by atoms with Crippen molar-refractivity contribution in [2.24, 2.45) is 0 Å². The zero-order chi connectivity index (χ0) is 26.6. The van der Waals surface area contributed by atoms with E-state index in [2.05, 4.69) is 5.32 Å². The van der Waals surface area contributed by atoms with Crippen LogP contribution in [0, 0.1) is 15.9 Å². The Morgan fingerprint density at radius 1 is 1.05 bits per heavy atom.